The van der Waals surface area contributed by atoms with Gasteiger partial charge in [0.05, 0.1) is 4.91 Å². The lowest BCUT2D eigenvalue weighted by Crippen LogP contribution is -2.49. The number of carbonyl (C=O) groups is 1. The maximum atomic E-state index is 13.1. The highest BCUT2D eigenvalue weighted by atomic mass is 16.8. The van der Waals surface area contributed by atoms with Gasteiger partial charge in [0.1, 0.15) is 11.1 Å². The van der Waals surface area contributed by atoms with E-state index in [2.05, 4.69) is 20.6 Å². The van der Waals surface area contributed by atoms with Crippen molar-refractivity contribution in [3.8, 4) is 0 Å². The van der Waals surface area contributed by atoms with E-state index in [-0.39, 0.29) is 11.6 Å². The first-order valence-electron chi connectivity index (χ1n) is 10.8. The van der Waals surface area contributed by atoms with Gasteiger partial charge in [0.25, 0.3) is 10.8 Å². The highest BCUT2D eigenvalue weighted by molar-refractivity contribution is 5.98. The number of benzene rings is 1. The van der Waals surface area contributed by atoms with E-state index in [0.717, 1.165) is 11.2 Å². The van der Waals surface area contributed by atoms with E-state index in [0.29, 0.717) is 54.2 Å². The number of piperazine rings is 1. The van der Waals surface area contributed by atoms with Crippen LogP contribution in [0.3, 0.4) is 0 Å². The Bertz CT molecular complexity index is 1350. The summed E-state index contributed by atoms with van der Waals surface area (Å²) in [4.78, 5) is 38.7. The Hall–Kier alpha value is -4.48. The summed E-state index contributed by atoms with van der Waals surface area (Å²) in [5.74, 6) is 1.65. The molecule has 12 nitrogen and oxygen atoms in total. The lowest BCUT2D eigenvalue weighted by Gasteiger charge is -2.34. The predicted molar refractivity (Wildman–Crippen MR) is 124 cm³/mol. The van der Waals surface area contributed by atoms with Crippen molar-refractivity contribution in [1.29, 1.82) is 0 Å². The molecule has 174 valence electrons. The maximum Gasteiger partial charge on any atom is 0.329 e. The number of hydrogen-bond donors (Lipinski definition) is 2. The van der Waals surface area contributed by atoms with Crippen molar-refractivity contribution in [3.63, 3.8) is 0 Å². The summed E-state index contributed by atoms with van der Waals surface area (Å²) < 4.78 is 1.77. The van der Waals surface area contributed by atoms with E-state index >= 15 is 0 Å². The number of amides is 1. The molecule has 0 radical (unpaired) electrons. The van der Waals surface area contributed by atoms with Gasteiger partial charge in [-0.15, -0.1) is 5.10 Å². The summed E-state index contributed by atoms with van der Waals surface area (Å²) in [6.45, 7) is 3.96. The van der Waals surface area contributed by atoms with Crippen molar-refractivity contribution in [2.24, 2.45) is 0 Å². The number of anilines is 3. The number of carbonyl (C=O) groups excluding carboxylic acids is 1. The number of aryl methyl sites for hydroxylation is 1. The molecule has 1 aliphatic heterocycles. The van der Waals surface area contributed by atoms with Crippen LogP contribution in [0.4, 0.5) is 23.3 Å². The average molecular weight is 462 g/mol. The molecule has 4 aromatic rings. The van der Waals surface area contributed by atoms with Gasteiger partial charge < -0.3 is 15.1 Å². The Kier molecular flexibility index (Phi) is 5.54. The molecule has 1 fully saturated rings. The van der Waals surface area contributed by atoms with Crippen molar-refractivity contribution in [2.75, 3.05) is 43.5 Å². The number of fused-ring (bicyclic) bond motifs is 1. The molecule has 34 heavy (non-hydrogen) atoms. The summed E-state index contributed by atoms with van der Waals surface area (Å²) >= 11 is 0. The Labute approximate surface area is 194 Å². The lowest BCUT2D eigenvalue weighted by atomic mass is 10.1. The van der Waals surface area contributed by atoms with Gasteiger partial charge in [0, 0.05) is 50.2 Å². The monoisotopic (exact) mass is 462 g/mol. The van der Waals surface area contributed by atoms with E-state index in [1.54, 1.807) is 33.7 Å². The molecule has 1 aliphatic rings. The van der Waals surface area contributed by atoms with Crippen LogP contribution >= 0.6 is 0 Å². The van der Waals surface area contributed by atoms with Crippen molar-refractivity contribution in [1.82, 2.24) is 29.7 Å². The van der Waals surface area contributed by atoms with E-state index < -0.39 is 0 Å². The van der Waals surface area contributed by atoms with Gasteiger partial charge in [0.2, 0.25) is 5.95 Å². The van der Waals surface area contributed by atoms with Crippen LogP contribution in [-0.4, -0.2) is 73.8 Å². The normalized spacial score (nSPS) is 13.8. The van der Waals surface area contributed by atoms with Crippen LogP contribution in [0.2, 0.25) is 0 Å². The van der Waals surface area contributed by atoms with E-state index in [1.165, 1.54) is 7.11 Å². The second kappa shape index (κ2) is 8.81. The molecule has 5 rings (SSSR count). The Morgan fingerprint density at radius 2 is 1.94 bits per heavy atom. The molecule has 2 N–H and O–H groups in total. The number of nitrogens with zero attached hydrogens (tertiary/aromatic N) is 7. The molecule has 0 bridgehead atoms. The standard InChI is InChI=1S/C22H24N9O3/c1-15-14-19(26-25-15)23-20-18-8-5-9-30(18)27-22(24-20)29-12-10-28(11-13-29)21(32)16-6-3-4-7-17(16)31(33)34-2/h3-9,14H,10-13H2,1-2H3,(H2,23,24,25,26,27)/q+1. The molecule has 0 unspecified atom stereocenters. The third kappa shape index (κ3) is 4.00. The summed E-state index contributed by atoms with van der Waals surface area (Å²) in [5, 5.41) is 15.0. The number of nitrogens with one attached hydrogen (secondary N) is 2. The Balaban J connectivity index is 1.34. The summed E-state index contributed by atoms with van der Waals surface area (Å²) in [6.07, 6.45) is 1.86. The number of aromatic amines is 1. The smallest absolute Gasteiger partial charge is 0.329 e. The highest BCUT2D eigenvalue weighted by Crippen LogP contribution is 2.24. The molecular formula is C22H24N9O3+. The fourth-order valence-corrected chi connectivity index (χ4v) is 3.94. The zero-order chi connectivity index (χ0) is 23.7. The van der Waals surface area contributed by atoms with Crippen LogP contribution < -0.4 is 10.2 Å². The molecule has 1 saturated heterocycles. The van der Waals surface area contributed by atoms with Crippen LogP contribution in [0.25, 0.3) is 5.52 Å². The largest absolute Gasteiger partial charge is 0.336 e. The first kappa shape index (κ1) is 21.4. The molecule has 12 heteroatoms. The van der Waals surface area contributed by atoms with Crippen molar-refractivity contribution >= 4 is 34.7 Å². The fourth-order valence-electron chi connectivity index (χ4n) is 3.94. The summed E-state index contributed by atoms with van der Waals surface area (Å²) in [5.41, 5.74) is 2.26. The predicted octanol–water partition coefficient (Wildman–Crippen LogP) is 2.44. The fraction of sp³-hybridized carbons (Fsp3) is 0.273. The van der Waals surface area contributed by atoms with E-state index in [9.17, 15) is 9.70 Å². The first-order chi connectivity index (χ1) is 16.5. The van der Waals surface area contributed by atoms with Gasteiger partial charge in [-0.3, -0.25) is 9.89 Å². The first-order valence-corrected chi connectivity index (χ1v) is 10.8. The molecule has 0 spiro atoms. The van der Waals surface area contributed by atoms with E-state index in [4.69, 9.17) is 9.82 Å². The Morgan fingerprint density at radius 3 is 2.68 bits per heavy atom. The number of aromatic nitrogens is 5. The van der Waals surface area contributed by atoms with Gasteiger partial charge in [-0.05, 0) is 25.1 Å². The minimum Gasteiger partial charge on any atom is -0.336 e. The van der Waals surface area contributed by atoms with Gasteiger partial charge in [-0.25, -0.2) is 9.35 Å². The molecule has 0 aliphatic carbocycles. The number of H-pyrrole nitrogens is 1. The van der Waals surface area contributed by atoms with Gasteiger partial charge in [-0.2, -0.15) is 10.1 Å². The molecule has 1 aromatic carbocycles. The minimum absolute atomic E-state index is 0.183. The molecule has 4 heterocycles. The topological polar surface area (TPSA) is 124 Å². The quantitative estimate of drug-likeness (QED) is 0.419. The molecule has 0 atom stereocenters. The highest BCUT2D eigenvalue weighted by Gasteiger charge is 2.30. The van der Waals surface area contributed by atoms with Gasteiger partial charge >= 0.3 is 5.69 Å². The van der Waals surface area contributed by atoms with Crippen molar-refractivity contribution < 1.29 is 14.6 Å². The average Bonchev–Trinajstić information content (AvgIpc) is 3.52. The van der Waals surface area contributed by atoms with Crippen LogP contribution in [0.5, 0.6) is 0 Å². The molecule has 3 aromatic heterocycles. The van der Waals surface area contributed by atoms with Crippen LogP contribution in [0.15, 0.2) is 48.7 Å². The Morgan fingerprint density at radius 1 is 1.15 bits per heavy atom. The maximum absolute atomic E-state index is 13.1. The third-order valence-electron chi connectivity index (χ3n) is 5.68. The van der Waals surface area contributed by atoms with Crippen molar-refractivity contribution in [2.45, 2.75) is 6.92 Å². The molecule has 0 saturated carbocycles. The lowest BCUT2D eigenvalue weighted by molar-refractivity contribution is -0.736. The summed E-state index contributed by atoms with van der Waals surface area (Å²) in [6, 6.07) is 12.4. The van der Waals surface area contributed by atoms with Crippen LogP contribution in [-0.2, 0) is 4.84 Å². The number of hydrogen-bond acceptors (Lipinski definition) is 8. The van der Waals surface area contributed by atoms with Gasteiger partial charge in [-0.1, -0.05) is 12.1 Å². The number of para-hydroxylation sites is 1. The third-order valence-corrected chi connectivity index (χ3v) is 5.68. The summed E-state index contributed by atoms with van der Waals surface area (Å²) in [7, 11) is 1.27. The van der Waals surface area contributed by atoms with Crippen LogP contribution in [0, 0.1) is 11.8 Å². The van der Waals surface area contributed by atoms with E-state index in [1.807, 2.05) is 36.2 Å². The second-order valence-corrected chi connectivity index (χ2v) is 7.90. The van der Waals surface area contributed by atoms with Crippen LogP contribution in [0.1, 0.15) is 16.1 Å². The molecular weight excluding hydrogens is 438 g/mol. The SMILES string of the molecule is CO[N+](=O)c1ccccc1C(=O)N1CCN(c2nc(Nc3cc(C)[nH]n3)c3cccn3n2)CC1. The zero-order valence-electron chi connectivity index (χ0n) is 18.8. The minimum atomic E-state index is -0.216. The molecule has 1 amide bonds. The second-order valence-electron chi connectivity index (χ2n) is 7.90. The van der Waals surface area contributed by atoms with Gasteiger partial charge in [0.15, 0.2) is 18.7 Å². The van der Waals surface area contributed by atoms with Crippen molar-refractivity contribution in [3.05, 3.63) is 64.8 Å². The number of rotatable bonds is 6. The zero-order valence-corrected chi connectivity index (χ0v) is 18.8.